The zero-order valence-corrected chi connectivity index (χ0v) is 10.5. The van der Waals surface area contributed by atoms with Gasteiger partial charge in [-0.1, -0.05) is 0 Å². The van der Waals surface area contributed by atoms with E-state index < -0.39 is 33.7 Å². The first-order chi connectivity index (χ1) is 9.47. The van der Waals surface area contributed by atoms with Gasteiger partial charge in [0.25, 0.3) is 5.91 Å². The molecule has 1 aromatic rings. The minimum Gasteiger partial charge on any atom is -0.352 e. The molecule has 1 rings (SSSR count). The number of nitro benzene ring substituents is 1. The molecule has 106 valence electrons. The van der Waals surface area contributed by atoms with Crippen molar-refractivity contribution in [3.63, 3.8) is 0 Å². The third kappa shape index (κ3) is 4.02. The first-order valence-corrected chi connectivity index (χ1v) is 5.82. The molecule has 0 fully saturated rings. The second-order valence-electron chi connectivity index (χ2n) is 3.96. The van der Waals surface area contributed by atoms with Gasteiger partial charge in [0.05, 0.1) is 16.6 Å². The molecular formula is C13H12F2N2O3. The molecule has 20 heavy (non-hydrogen) atoms. The summed E-state index contributed by atoms with van der Waals surface area (Å²) in [5.74, 6) is -0.866. The van der Waals surface area contributed by atoms with E-state index in [4.69, 9.17) is 6.42 Å². The van der Waals surface area contributed by atoms with E-state index in [-0.39, 0.29) is 6.54 Å². The van der Waals surface area contributed by atoms with Gasteiger partial charge >= 0.3 is 5.69 Å². The van der Waals surface area contributed by atoms with E-state index in [9.17, 15) is 23.7 Å². The molecule has 1 N–H and O–H groups in total. The maximum absolute atomic E-state index is 13.7. The third-order valence-electron chi connectivity index (χ3n) is 2.49. The van der Waals surface area contributed by atoms with Crippen LogP contribution in [0.25, 0.3) is 0 Å². The van der Waals surface area contributed by atoms with Gasteiger partial charge in [-0.05, 0) is 18.9 Å². The summed E-state index contributed by atoms with van der Waals surface area (Å²) in [6.45, 7) is 0.226. The van der Waals surface area contributed by atoms with Crippen LogP contribution in [0, 0.1) is 34.1 Å². The Kier molecular flexibility index (Phi) is 5.59. The molecule has 0 aliphatic rings. The van der Waals surface area contributed by atoms with Crippen molar-refractivity contribution >= 4 is 11.6 Å². The Hall–Kier alpha value is -2.49. The van der Waals surface area contributed by atoms with Gasteiger partial charge in [-0.2, -0.15) is 4.39 Å². The zero-order valence-electron chi connectivity index (χ0n) is 10.5. The molecule has 0 heterocycles. The van der Waals surface area contributed by atoms with E-state index >= 15 is 0 Å². The van der Waals surface area contributed by atoms with Gasteiger partial charge in [0.2, 0.25) is 5.82 Å². The molecular weight excluding hydrogens is 270 g/mol. The number of nitrogens with one attached hydrogen (secondary N) is 1. The lowest BCUT2D eigenvalue weighted by Gasteiger charge is -2.06. The lowest BCUT2D eigenvalue weighted by Crippen LogP contribution is -2.25. The van der Waals surface area contributed by atoms with Crippen LogP contribution in [-0.4, -0.2) is 17.4 Å². The Morgan fingerprint density at radius 1 is 1.40 bits per heavy atom. The first-order valence-electron chi connectivity index (χ1n) is 5.82. The molecule has 0 aliphatic heterocycles. The molecule has 7 heteroatoms. The highest BCUT2D eigenvalue weighted by molar-refractivity contribution is 5.95. The molecule has 0 atom stereocenters. The number of hydrogen-bond donors (Lipinski definition) is 1. The normalized spacial score (nSPS) is 9.85. The quantitative estimate of drug-likeness (QED) is 0.377. The van der Waals surface area contributed by atoms with Crippen LogP contribution in [0.5, 0.6) is 0 Å². The smallest absolute Gasteiger partial charge is 0.308 e. The Labute approximate surface area is 114 Å². The fourth-order valence-corrected chi connectivity index (χ4v) is 1.52. The van der Waals surface area contributed by atoms with Crippen LogP contribution < -0.4 is 5.32 Å². The van der Waals surface area contributed by atoms with Crippen LogP contribution in [0.2, 0.25) is 0 Å². The van der Waals surface area contributed by atoms with Crippen molar-refractivity contribution in [1.29, 1.82) is 0 Å². The summed E-state index contributed by atoms with van der Waals surface area (Å²) >= 11 is 0. The number of carbonyl (C=O) groups excluding carboxylic acids is 1. The predicted molar refractivity (Wildman–Crippen MR) is 68.0 cm³/mol. The van der Waals surface area contributed by atoms with Crippen LogP contribution in [0.4, 0.5) is 14.5 Å². The molecule has 0 saturated heterocycles. The van der Waals surface area contributed by atoms with E-state index in [1.54, 1.807) is 0 Å². The predicted octanol–water partition coefficient (Wildman–Crippen LogP) is 2.41. The molecule has 0 aliphatic carbocycles. The summed E-state index contributed by atoms with van der Waals surface area (Å²) in [5, 5.41) is 12.9. The second-order valence-corrected chi connectivity index (χ2v) is 3.96. The number of terminal acetylenes is 1. The summed E-state index contributed by atoms with van der Waals surface area (Å²) in [5.41, 5.74) is -1.75. The molecule has 0 bridgehead atoms. The average molecular weight is 282 g/mol. The standard InChI is InChI=1S/C13H12F2N2O3/c1-2-3-4-5-6-16-13(18)10-7-9(14)8-11(12(10)15)17(19)20/h1,7-8H,3-6H2,(H,16,18). The number of hydrogen-bond acceptors (Lipinski definition) is 3. The fraction of sp³-hybridized carbons (Fsp3) is 0.308. The van der Waals surface area contributed by atoms with E-state index in [1.165, 1.54) is 0 Å². The number of halogens is 2. The van der Waals surface area contributed by atoms with E-state index in [0.29, 0.717) is 31.4 Å². The third-order valence-corrected chi connectivity index (χ3v) is 2.49. The minimum absolute atomic E-state index is 0.226. The molecule has 1 amide bonds. The highest BCUT2D eigenvalue weighted by Crippen LogP contribution is 2.22. The van der Waals surface area contributed by atoms with E-state index in [2.05, 4.69) is 11.2 Å². The summed E-state index contributed by atoms with van der Waals surface area (Å²) in [4.78, 5) is 21.1. The average Bonchev–Trinajstić information content (AvgIpc) is 2.40. The number of benzene rings is 1. The Morgan fingerprint density at radius 2 is 2.10 bits per heavy atom. The largest absolute Gasteiger partial charge is 0.352 e. The number of rotatable bonds is 6. The molecule has 5 nitrogen and oxygen atoms in total. The Bertz CT molecular complexity index is 567. The summed E-state index contributed by atoms with van der Waals surface area (Å²) in [7, 11) is 0. The minimum atomic E-state index is -1.35. The van der Waals surface area contributed by atoms with E-state index in [1.807, 2.05) is 0 Å². The summed E-state index contributed by atoms with van der Waals surface area (Å²) < 4.78 is 26.8. The maximum Gasteiger partial charge on any atom is 0.308 e. The Morgan fingerprint density at radius 3 is 2.70 bits per heavy atom. The SMILES string of the molecule is C#CCCCCNC(=O)c1cc(F)cc([N+](=O)[O-])c1F. The van der Waals surface area contributed by atoms with Crippen LogP contribution in [0.3, 0.4) is 0 Å². The molecule has 0 radical (unpaired) electrons. The summed E-state index contributed by atoms with van der Waals surface area (Å²) in [6.07, 6.45) is 6.86. The summed E-state index contributed by atoms with van der Waals surface area (Å²) in [6, 6.07) is 1.05. The molecule has 0 saturated carbocycles. The van der Waals surface area contributed by atoms with Gasteiger partial charge in [0.1, 0.15) is 5.82 Å². The number of unbranched alkanes of at least 4 members (excludes halogenated alkanes) is 2. The van der Waals surface area contributed by atoms with Gasteiger partial charge in [-0.15, -0.1) is 12.3 Å². The van der Waals surface area contributed by atoms with Crippen molar-refractivity contribution in [3.8, 4) is 12.3 Å². The monoisotopic (exact) mass is 282 g/mol. The second kappa shape index (κ2) is 7.19. The van der Waals surface area contributed by atoms with Gasteiger partial charge in [0, 0.05) is 13.0 Å². The first kappa shape index (κ1) is 15.6. The highest BCUT2D eigenvalue weighted by atomic mass is 19.1. The van der Waals surface area contributed by atoms with Gasteiger partial charge in [0.15, 0.2) is 0 Å². The van der Waals surface area contributed by atoms with Crippen LogP contribution in [0.15, 0.2) is 12.1 Å². The van der Waals surface area contributed by atoms with Crippen LogP contribution >= 0.6 is 0 Å². The van der Waals surface area contributed by atoms with Crippen molar-refractivity contribution in [3.05, 3.63) is 39.4 Å². The molecule has 0 spiro atoms. The molecule has 1 aromatic carbocycles. The van der Waals surface area contributed by atoms with Crippen molar-refractivity contribution in [1.82, 2.24) is 5.32 Å². The number of nitrogens with zero attached hydrogens (tertiary/aromatic N) is 1. The van der Waals surface area contributed by atoms with Crippen LogP contribution in [0.1, 0.15) is 29.6 Å². The highest BCUT2D eigenvalue weighted by Gasteiger charge is 2.23. The lowest BCUT2D eigenvalue weighted by atomic mass is 10.1. The molecule has 0 unspecified atom stereocenters. The van der Waals surface area contributed by atoms with Crippen molar-refractivity contribution in [2.24, 2.45) is 0 Å². The van der Waals surface area contributed by atoms with Gasteiger partial charge in [-0.3, -0.25) is 14.9 Å². The maximum atomic E-state index is 13.7. The van der Waals surface area contributed by atoms with Crippen molar-refractivity contribution in [2.45, 2.75) is 19.3 Å². The Balaban J connectivity index is 2.78. The number of nitro groups is 1. The van der Waals surface area contributed by atoms with Gasteiger partial charge in [-0.25, -0.2) is 4.39 Å². The van der Waals surface area contributed by atoms with E-state index in [0.717, 1.165) is 0 Å². The topological polar surface area (TPSA) is 72.2 Å². The van der Waals surface area contributed by atoms with Crippen molar-refractivity contribution < 1.29 is 18.5 Å². The lowest BCUT2D eigenvalue weighted by molar-refractivity contribution is -0.387. The fourth-order valence-electron chi connectivity index (χ4n) is 1.52. The molecule has 0 aromatic heterocycles. The van der Waals surface area contributed by atoms with Gasteiger partial charge < -0.3 is 5.32 Å². The number of amides is 1. The van der Waals surface area contributed by atoms with Crippen LogP contribution in [-0.2, 0) is 0 Å². The van der Waals surface area contributed by atoms with Crippen molar-refractivity contribution in [2.75, 3.05) is 6.54 Å². The zero-order chi connectivity index (χ0) is 15.1. The number of carbonyl (C=O) groups is 1.